The third-order valence-electron chi connectivity index (χ3n) is 2.02. The van der Waals surface area contributed by atoms with Crippen LogP contribution in [0.4, 0.5) is 0 Å². The van der Waals surface area contributed by atoms with Gasteiger partial charge in [0.25, 0.3) is 0 Å². The van der Waals surface area contributed by atoms with Crippen LogP contribution in [0.25, 0.3) is 0 Å². The summed E-state index contributed by atoms with van der Waals surface area (Å²) in [6.07, 6.45) is 0. The van der Waals surface area contributed by atoms with Gasteiger partial charge in [0.15, 0.2) is 0 Å². The van der Waals surface area contributed by atoms with Crippen molar-refractivity contribution in [3.63, 3.8) is 0 Å². The Morgan fingerprint density at radius 3 is 2.14 bits per heavy atom. The van der Waals surface area contributed by atoms with E-state index >= 15 is 0 Å². The Balaban J connectivity index is 3.40. The molecule has 0 bridgehead atoms. The number of hydrogen-bond donors (Lipinski definition) is 0. The first-order valence-electron chi connectivity index (χ1n) is 4.40. The normalized spacial score (nSPS) is 11.6. The molecule has 78 valence electrons. The molecule has 1 nitrogen and oxygen atoms in total. The molecule has 0 aliphatic rings. The summed E-state index contributed by atoms with van der Waals surface area (Å²) >= 11 is 6.98. The van der Waals surface area contributed by atoms with Crippen LogP contribution in [0.2, 0.25) is 0 Å². The molecular formula is C11H14Br2O. The van der Waals surface area contributed by atoms with Crippen LogP contribution in [0.3, 0.4) is 0 Å². The summed E-state index contributed by atoms with van der Waals surface area (Å²) in [4.78, 5) is 0. The molecule has 0 amide bonds. The molecule has 0 spiro atoms. The molecule has 0 unspecified atom stereocenters. The maximum atomic E-state index is 5.39. The Kier molecular flexibility index (Phi) is 3.64. The molecule has 0 N–H and O–H groups in total. The van der Waals surface area contributed by atoms with Crippen molar-refractivity contribution in [2.24, 2.45) is 0 Å². The minimum atomic E-state index is 0.0810. The second-order valence-electron chi connectivity index (χ2n) is 4.22. The van der Waals surface area contributed by atoms with E-state index in [4.69, 9.17) is 4.74 Å². The maximum Gasteiger partial charge on any atom is 0.136 e. The van der Waals surface area contributed by atoms with E-state index in [-0.39, 0.29) is 5.41 Å². The summed E-state index contributed by atoms with van der Waals surface area (Å²) in [5.41, 5.74) is 1.28. The zero-order valence-electron chi connectivity index (χ0n) is 8.82. The molecule has 0 aliphatic carbocycles. The van der Waals surface area contributed by atoms with Gasteiger partial charge in [0.05, 0.1) is 11.6 Å². The highest BCUT2D eigenvalue weighted by Gasteiger charge is 2.21. The standard InChI is InChI=1S/C11H14Br2O/c1-11(2,3)8-5-7(12)6-9(13)10(8)14-4/h5-6H,1-4H3. The molecule has 1 aromatic carbocycles. The van der Waals surface area contributed by atoms with E-state index in [0.717, 1.165) is 14.7 Å². The van der Waals surface area contributed by atoms with Crippen LogP contribution in [0.1, 0.15) is 26.3 Å². The summed E-state index contributed by atoms with van der Waals surface area (Å²) in [6, 6.07) is 4.09. The van der Waals surface area contributed by atoms with Gasteiger partial charge in [0.1, 0.15) is 5.75 Å². The topological polar surface area (TPSA) is 9.23 Å². The van der Waals surface area contributed by atoms with Gasteiger partial charge in [0, 0.05) is 10.0 Å². The van der Waals surface area contributed by atoms with Gasteiger partial charge in [0.2, 0.25) is 0 Å². The van der Waals surface area contributed by atoms with Crippen LogP contribution < -0.4 is 4.74 Å². The van der Waals surface area contributed by atoms with Crippen molar-refractivity contribution in [1.82, 2.24) is 0 Å². The highest BCUT2D eigenvalue weighted by atomic mass is 79.9. The third-order valence-corrected chi connectivity index (χ3v) is 3.07. The Morgan fingerprint density at radius 2 is 1.71 bits per heavy atom. The van der Waals surface area contributed by atoms with E-state index in [9.17, 15) is 0 Å². The van der Waals surface area contributed by atoms with Gasteiger partial charge in [-0.05, 0) is 33.5 Å². The average molecular weight is 322 g/mol. The highest BCUT2D eigenvalue weighted by Crippen LogP contribution is 2.39. The molecule has 3 heteroatoms. The molecule has 0 heterocycles. The summed E-state index contributed by atoms with van der Waals surface area (Å²) in [5, 5.41) is 0. The fourth-order valence-electron chi connectivity index (χ4n) is 1.32. The maximum absolute atomic E-state index is 5.39. The van der Waals surface area contributed by atoms with Crippen molar-refractivity contribution in [3.05, 3.63) is 26.6 Å². The molecular weight excluding hydrogens is 308 g/mol. The lowest BCUT2D eigenvalue weighted by atomic mass is 9.86. The zero-order chi connectivity index (χ0) is 10.9. The highest BCUT2D eigenvalue weighted by molar-refractivity contribution is 9.11. The van der Waals surface area contributed by atoms with Crippen molar-refractivity contribution in [3.8, 4) is 5.75 Å². The molecule has 0 fully saturated rings. The first-order valence-corrected chi connectivity index (χ1v) is 5.98. The number of rotatable bonds is 1. The van der Waals surface area contributed by atoms with E-state index in [1.54, 1.807) is 7.11 Å². The van der Waals surface area contributed by atoms with E-state index in [2.05, 4.69) is 58.7 Å². The lowest BCUT2D eigenvalue weighted by molar-refractivity contribution is 0.395. The van der Waals surface area contributed by atoms with Crippen molar-refractivity contribution in [2.45, 2.75) is 26.2 Å². The second kappa shape index (κ2) is 4.23. The van der Waals surface area contributed by atoms with E-state index in [1.165, 1.54) is 5.56 Å². The fourth-order valence-corrected chi connectivity index (χ4v) is 2.71. The van der Waals surface area contributed by atoms with Gasteiger partial charge in [-0.15, -0.1) is 0 Å². The van der Waals surface area contributed by atoms with Gasteiger partial charge in [-0.25, -0.2) is 0 Å². The minimum absolute atomic E-state index is 0.0810. The van der Waals surface area contributed by atoms with E-state index in [1.807, 2.05) is 6.07 Å². The van der Waals surface area contributed by atoms with Gasteiger partial charge in [-0.1, -0.05) is 36.7 Å². The van der Waals surface area contributed by atoms with Gasteiger partial charge < -0.3 is 4.74 Å². The molecule has 0 aromatic heterocycles. The van der Waals surface area contributed by atoms with Crippen molar-refractivity contribution >= 4 is 31.9 Å². The fraction of sp³-hybridized carbons (Fsp3) is 0.455. The number of hydrogen-bond acceptors (Lipinski definition) is 1. The predicted molar refractivity (Wildman–Crippen MR) is 67.1 cm³/mol. The first-order chi connectivity index (χ1) is 6.36. The average Bonchev–Trinajstić information content (AvgIpc) is 2.01. The molecule has 0 atom stereocenters. The van der Waals surface area contributed by atoms with Crippen molar-refractivity contribution in [1.29, 1.82) is 0 Å². The molecule has 14 heavy (non-hydrogen) atoms. The Hall–Kier alpha value is -0.0200. The smallest absolute Gasteiger partial charge is 0.136 e. The van der Waals surface area contributed by atoms with Crippen LogP contribution in [-0.4, -0.2) is 7.11 Å². The van der Waals surface area contributed by atoms with E-state index in [0.29, 0.717) is 0 Å². The first kappa shape index (κ1) is 12.1. The van der Waals surface area contributed by atoms with Crippen LogP contribution in [0.5, 0.6) is 5.75 Å². The van der Waals surface area contributed by atoms with Gasteiger partial charge >= 0.3 is 0 Å². The molecule has 1 rings (SSSR count). The molecule has 0 radical (unpaired) electrons. The number of benzene rings is 1. The lowest BCUT2D eigenvalue weighted by Gasteiger charge is -2.23. The van der Waals surface area contributed by atoms with Crippen LogP contribution in [-0.2, 0) is 5.41 Å². The van der Waals surface area contributed by atoms with E-state index < -0.39 is 0 Å². The number of methoxy groups -OCH3 is 1. The third kappa shape index (κ3) is 2.51. The Bertz CT molecular complexity index is 340. The predicted octanol–water partition coefficient (Wildman–Crippen LogP) is 4.52. The summed E-state index contributed by atoms with van der Waals surface area (Å²) < 4.78 is 7.44. The molecule has 0 aliphatic heterocycles. The van der Waals surface area contributed by atoms with Crippen molar-refractivity contribution < 1.29 is 4.74 Å². The molecule has 0 saturated heterocycles. The van der Waals surface area contributed by atoms with Gasteiger partial charge in [-0.3, -0.25) is 0 Å². The molecule has 0 saturated carbocycles. The van der Waals surface area contributed by atoms with Crippen molar-refractivity contribution in [2.75, 3.05) is 7.11 Å². The lowest BCUT2D eigenvalue weighted by Crippen LogP contribution is -2.13. The summed E-state index contributed by atoms with van der Waals surface area (Å²) in [7, 11) is 1.70. The van der Waals surface area contributed by atoms with Crippen LogP contribution in [0.15, 0.2) is 21.1 Å². The van der Waals surface area contributed by atoms with Crippen LogP contribution in [0, 0.1) is 0 Å². The quantitative estimate of drug-likeness (QED) is 0.739. The SMILES string of the molecule is COc1c(Br)cc(Br)cc1C(C)(C)C. The second-order valence-corrected chi connectivity index (χ2v) is 5.99. The molecule has 1 aromatic rings. The van der Waals surface area contributed by atoms with Crippen LogP contribution >= 0.6 is 31.9 Å². The van der Waals surface area contributed by atoms with Gasteiger partial charge in [-0.2, -0.15) is 0 Å². The summed E-state index contributed by atoms with van der Waals surface area (Å²) in [6.45, 7) is 6.51. The number of halogens is 2. The Labute approximate surface area is 102 Å². The zero-order valence-corrected chi connectivity index (χ0v) is 12.0. The monoisotopic (exact) mass is 320 g/mol. The largest absolute Gasteiger partial charge is 0.495 e. The minimum Gasteiger partial charge on any atom is -0.495 e. The number of ether oxygens (including phenoxy) is 1. The Morgan fingerprint density at radius 1 is 1.14 bits per heavy atom. The summed E-state index contributed by atoms with van der Waals surface area (Å²) in [5.74, 6) is 0.917.